The first-order valence-corrected chi connectivity index (χ1v) is 6.17. The lowest BCUT2D eigenvalue weighted by Gasteiger charge is -2.04. The molecule has 0 bridgehead atoms. The second-order valence-corrected chi connectivity index (χ2v) is 4.38. The number of nitrogens with one attached hydrogen (secondary N) is 1. The molecular weight excluding hydrogens is 275 g/mol. The van der Waals surface area contributed by atoms with E-state index in [1.54, 1.807) is 6.07 Å². The van der Waals surface area contributed by atoms with E-state index in [9.17, 15) is 18.0 Å². The van der Waals surface area contributed by atoms with Crippen LogP contribution >= 0.6 is 11.3 Å². The molecule has 0 atom stereocenters. The predicted octanol–water partition coefficient (Wildman–Crippen LogP) is 3.82. The summed E-state index contributed by atoms with van der Waals surface area (Å²) in [5.41, 5.74) is 0.421. The van der Waals surface area contributed by atoms with Crippen LogP contribution in [0.5, 0.6) is 0 Å². The highest BCUT2D eigenvalue weighted by atomic mass is 32.1. The average molecular weight is 283 g/mol. The Balaban J connectivity index is 2.09. The number of amides is 1. The van der Waals surface area contributed by atoms with Gasteiger partial charge in [-0.15, -0.1) is 0 Å². The largest absolute Gasteiger partial charge is 0.320 e. The van der Waals surface area contributed by atoms with Gasteiger partial charge in [-0.2, -0.15) is 11.3 Å². The number of halogens is 3. The molecular formula is C13H8F3NOS. The molecule has 0 unspecified atom stereocenters. The lowest BCUT2D eigenvalue weighted by molar-refractivity contribution is -0.111. The van der Waals surface area contributed by atoms with Gasteiger partial charge < -0.3 is 5.32 Å². The van der Waals surface area contributed by atoms with Crippen molar-refractivity contribution in [3.8, 4) is 0 Å². The molecule has 0 aliphatic carbocycles. The standard InChI is InChI=1S/C13H8F3NOS/c14-9-2-3-10(13(16)12(9)15)17-11(18)4-1-8-5-6-19-7-8/h1-7H,(H,17,18)/b4-1+. The molecule has 19 heavy (non-hydrogen) atoms. The van der Waals surface area contributed by atoms with Crippen LogP contribution in [0.4, 0.5) is 18.9 Å². The van der Waals surface area contributed by atoms with Crippen molar-refractivity contribution in [3.63, 3.8) is 0 Å². The predicted molar refractivity (Wildman–Crippen MR) is 68.3 cm³/mol. The lowest BCUT2D eigenvalue weighted by atomic mass is 10.2. The van der Waals surface area contributed by atoms with E-state index >= 15 is 0 Å². The van der Waals surface area contributed by atoms with E-state index in [2.05, 4.69) is 5.32 Å². The van der Waals surface area contributed by atoms with E-state index in [1.807, 2.05) is 10.8 Å². The van der Waals surface area contributed by atoms with Gasteiger partial charge in [0.25, 0.3) is 0 Å². The molecule has 0 fully saturated rings. The van der Waals surface area contributed by atoms with Crippen LogP contribution in [-0.2, 0) is 4.79 Å². The summed E-state index contributed by atoms with van der Waals surface area (Å²) >= 11 is 1.47. The summed E-state index contributed by atoms with van der Waals surface area (Å²) in [4.78, 5) is 11.5. The van der Waals surface area contributed by atoms with Crippen LogP contribution in [-0.4, -0.2) is 5.91 Å². The van der Waals surface area contributed by atoms with Crippen LogP contribution in [0.2, 0.25) is 0 Å². The van der Waals surface area contributed by atoms with E-state index in [0.717, 1.165) is 17.7 Å². The zero-order valence-electron chi connectivity index (χ0n) is 9.49. The van der Waals surface area contributed by atoms with Gasteiger partial charge in [0.05, 0.1) is 5.69 Å². The zero-order chi connectivity index (χ0) is 13.8. The lowest BCUT2D eigenvalue weighted by Crippen LogP contribution is -2.10. The van der Waals surface area contributed by atoms with Gasteiger partial charge in [-0.1, -0.05) is 0 Å². The Morgan fingerprint density at radius 1 is 1.16 bits per heavy atom. The van der Waals surface area contributed by atoms with E-state index in [4.69, 9.17) is 0 Å². The van der Waals surface area contributed by atoms with Crippen LogP contribution in [0.25, 0.3) is 6.08 Å². The molecule has 0 spiro atoms. The molecule has 0 saturated carbocycles. The Bertz CT molecular complexity index is 623. The topological polar surface area (TPSA) is 29.1 Å². The molecule has 1 N–H and O–H groups in total. The molecule has 0 aliphatic heterocycles. The maximum absolute atomic E-state index is 13.3. The quantitative estimate of drug-likeness (QED) is 0.673. The summed E-state index contributed by atoms with van der Waals surface area (Å²) in [7, 11) is 0. The molecule has 1 amide bonds. The first-order valence-electron chi connectivity index (χ1n) is 5.22. The molecule has 0 radical (unpaired) electrons. The van der Waals surface area contributed by atoms with E-state index < -0.39 is 29.0 Å². The van der Waals surface area contributed by atoms with Crippen LogP contribution in [0.1, 0.15) is 5.56 Å². The zero-order valence-corrected chi connectivity index (χ0v) is 10.3. The number of rotatable bonds is 3. The second kappa shape index (κ2) is 5.71. The maximum atomic E-state index is 13.3. The number of hydrogen-bond acceptors (Lipinski definition) is 2. The third-order valence-electron chi connectivity index (χ3n) is 2.26. The van der Waals surface area contributed by atoms with Crippen molar-refractivity contribution in [1.82, 2.24) is 0 Å². The number of thiophene rings is 1. The third kappa shape index (κ3) is 3.23. The Labute approximate surface area is 111 Å². The van der Waals surface area contributed by atoms with Gasteiger partial charge >= 0.3 is 0 Å². The Morgan fingerprint density at radius 2 is 1.95 bits per heavy atom. The van der Waals surface area contributed by atoms with Crippen molar-refractivity contribution in [2.45, 2.75) is 0 Å². The summed E-state index contributed by atoms with van der Waals surface area (Å²) in [6.07, 6.45) is 2.71. The van der Waals surface area contributed by atoms with Gasteiger partial charge in [-0.3, -0.25) is 4.79 Å². The van der Waals surface area contributed by atoms with Gasteiger partial charge in [0.1, 0.15) is 0 Å². The number of anilines is 1. The SMILES string of the molecule is O=C(/C=C/c1ccsc1)Nc1ccc(F)c(F)c1F. The molecule has 6 heteroatoms. The normalized spacial score (nSPS) is 10.9. The minimum atomic E-state index is -1.61. The fourth-order valence-electron chi connectivity index (χ4n) is 1.34. The highest BCUT2D eigenvalue weighted by molar-refractivity contribution is 7.08. The summed E-state index contributed by atoms with van der Waals surface area (Å²) in [5.74, 6) is -4.96. The molecule has 1 aromatic carbocycles. The monoisotopic (exact) mass is 283 g/mol. The number of benzene rings is 1. The Kier molecular flexibility index (Phi) is 4.01. The fraction of sp³-hybridized carbons (Fsp3) is 0. The van der Waals surface area contributed by atoms with Crippen molar-refractivity contribution in [3.05, 3.63) is 58.1 Å². The van der Waals surface area contributed by atoms with Crippen molar-refractivity contribution >= 4 is 29.0 Å². The van der Waals surface area contributed by atoms with Gasteiger partial charge in [-0.25, -0.2) is 13.2 Å². The van der Waals surface area contributed by atoms with E-state index in [0.29, 0.717) is 0 Å². The van der Waals surface area contributed by atoms with Gasteiger partial charge in [0.2, 0.25) is 5.91 Å². The van der Waals surface area contributed by atoms with Crippen LogP contribution in [0, 0.1) is 17.5 Å². The molecule has 2 rings (SSSR count). The maximum Gasteiger partial charge on any atom is 0.248 e. The van der Waals surface area contributed by atoms with Crippen LogP contribution in [0.3, 0.4) is 0 Å². The van der Waals surface area contributed by atoms with Crippen molar-refractivity contribution < 1.29 is 18.0 Å². The smallest absolute Gasteiger partial charge is 0.248 e. The van der Waals surface area contributed by atoms with Crippen molar-refractivity contribution in [2.75, 3.05) is 5.32 Å². The Hall–Kier alpha value is -2.08. The molecule has 1 aromatic heterocycles. The van der Waals surface area contributed by atoms with E-state index in [1.165, 1.54) is 23.5 Å². The molecule has 2 aromatic rings. The van der Waals surface area contributed by atoms with Crippen molar-refractivity contribution in [1.29, 1.82) is 0 Å². The summed E-state index contributed by atoms with van der Waals surface area (Å²) in [6, 6.07) is 3.51. The number of carbonyl (C=O) groups is 1. The van der Waals surface area contributed by atoms with Gasteiger partial charge in [0.15, 0.2) is 17.5 Å². The Morgan fingerprint density at radius 3 is 2.63 bits per heavy atom. The van der Waals surface area contributed by atoms with Crippen LogP contribution < -0.4 is 5.32 Å². The summed E-state index contributed by atoms with van der Waals surface area (Å²) in [6.45, 7) is 0. The second-order valence-electron chi connectivity index (χ2n) is 3.60. The molecule has 0 saturated heterocycles. The molecule has 98 valence electrons. The first kappa shape index (κ1) is 13.4. The average Bonchev–Trinajstić information content (AvgIpc) is 2.90. The highest BCUT2D eigenvalue weighted by Gasteiger charge is 2.14. The summed E-state index contributed by atoms with van der Waals surface area (Å²) in [5, 5.41) is 5.80. The van der Waals surface area contributed by atoms with Crippen molar-refractivity contribution in [2.24, 2.45) is 0 Å². The minimum Gasteiger partial charge on any atom is -0.320 e. The highest BCUT2D eigenvalue weighted by Crippen LogP contribution is 2.19. The third-order valence-corrected chi connectivity index (χ3v) is 2.96. The molecule has 0 aliphatic rings. The molecule has 1 heterocycles. The minimum absolute atomic E-state index is 0.404. The fourth-order valence-corrected chi connectivity index (χ4v) is 1.97. The number of hydrogen-bond donors (Lipinski definition) is 1. The van der Waals surface area contributed by atoms with E-state index in [-0.39, 0.29) is 0 Å². The molecule has 2 nitrogen and oxygen atoms in total. The first-order chi connectivity index (χ1) is 9.08. The number of carbonyl (C=O) groups excluding carboxylic acids is 1. The van der Waals surface area contributed by atoms with Gasteiger partial charge in [0, 0.05) is 6.08 Å². The summed E-state index contributed by atoms with van der Waals surface area (Å²) < 4.78 is 38.9. The van der Waals surface area contributed by atoms with Gasteiger partial charge in [-0.05, 0) is 40.6 Å². The van der Waals surface area contributed by atoms with Crippen LogP contribution in [0.15, 0.2) is 35.0 Å².